The molecular weight excluding hydrogens is 428 g/mol. The maximum absolute atomic E-state index is 9.10. The van der Waals surface area contributed by atoms with Gasteiger partial charge in [-0.05, 0) is 59.9 Å². The van der Waals surface area contributed by atoms with Crippen LogP contribution in [-0.2, 0) is 9.59 Å². The third kappa shape index (κ3) is 5.48. The van der Waals surface area contributed by atoms with E-state index in [4.69, 9.17) is 25.6 Å². The maximum Gasteiger partial charge on any atom is 0.414 e. The second-order valence-corrected chi connectivity index (χ2v) is 4.97. The topological polar surface area (TPSA) is 113 Å². The Morgan fingerprint density at radius 2 is 1.47 bits per heavy atom. The number of aliphatic carboxylic acids is 2. The molecule has 0 amide bonds. The Hall–Kier alpha value is -0.640. The minimum Gasteiger partial charge on any atom is -0.473 e. The number of nitrogens with two attached hydrogens (primary N) is 1. The number of hydrazine groups is 1. The minimum absolute atomic E-state index is 0.833. The molecule has 0 aliphatic rings. The van der Waals surface area contributed by atoms with Gasteiger partial charge in [0, 0.05) is 8.95 Å². The predicted molar refractivity (Wildman–Crippen MR) is 72.6 cm³/mol. The number of nitrogen functional groups attached to an aromatic ring is 1. The summed E-state index contributed by atoms with van der Waals surface area (Å²) in [6.07, 6.45) is 0. The van der Waals surface area contributed by atoms with Crippen molar-refractivity contribution in [2.75, 3.05) is 5.43 Å². The summed E-state index contributed by atoms with van der Waals surface area (Å²) in [5.41, 5.74) is 3.41. The number of hydrogen-bond donors (Lipinski definition) is 4. The molecule has 17 heavy (non-hydrogen) atoms. The summed E-state index contributed by atoms with van der Waals surface area (Å²) in [4.78, 5) is 18.2. The van der Waals surface area contributed by atoms with E-state index in [0.29, 0.717) is 0 Å². The molecule has 0 saturated heterocycles. The van der Waals surface area contributed by atoms with Gasteiger partial charge in [-0.1, -0.05) is 0 Å². The van der Waals surface area contributed by atoms with E-state index in [9.17, 15) is 0 Å². The minimum atomic E-state index is -1.82. The number of carboxylic acids is 2. The third-order valence-corrected chi connectivity index (χ3v) is 4.05. The van der Waals surface area contributed by atoms with Crippen molar-refractivity contribution in [3.05, 3.63) is 25.6 Å². The van der Waals surface area contributed by atoms with Crippen LogP contribution in [0.25, 0.3) is 0 Å². The SMILES string of the molecule is NNc1c(Br)ccc(Br)c1Br.O=C(O)C(=O)O. The van der Waals surface area contributed by atoms with Crippen LogP contribution in [0.3, 0.4) is 0 Å². The average Bonchev–Trinajstić information content (AvgIpc) is 2.25. The van der Waals surface area contributed by atoms with Crippen LogP contribution in [0.4, 0.5) is 5.69 Å². The fraction of sp³-hybridized carbons (Fsp3) is 0. The van der Waals surface area contributed by atoms with Crippen LogP contribution >= 0.6 is 47.8 Å². The molecule has 94 valence electrons. The second-order valence-electron chi connectivity index (χ2n) is 2.47. The van der Waals surface area contributed by atoms with Crippen molar-refractivity contribution >= 4 is 65.4 Å². The third-order valence-electron chi connectivity index (χ3n) is 1.37. The van der Waals surface area contributed by atoms with Crippen molar-refractivity contribution in [2.24, 2.45) is 5.84 Å². The van der Waals surface area contributed by atoms with Gasteiger partial charge in [-0.25, -0.2) is 9.59 Å². The number of nitrogens with one attached hydrogen (secondary N) is 1. The van der Waals surface area contributed by atoms with Crippen LogP contribution < -0.4 is 11.3 Å². The lowest BCUT2D eigenvalue weighted by Crippen LogP contribution is -2.09. The Balaban J connectivity index is 0.000000366. The molecule has 0 bridgehead atoms. The van der Waals surface area contributed by atoms with Crippen LogP contribution in [-0.4, -0.2) is 22.2 Å². The van der Waals surface area contributed by atoms with Crippen LogP contribution in [0.2, 0.25) is 0 Å². The number of benzene rings is 1. The normalized spacial score (nSPS) is 8.94. The molecule has 5 N–H and O–H groups in total. The summed E-state index contributed by atoms with van der Waals surface area (Å²) in [6, 6.07) is 3.83. The lowest BCUT2D eigenvalue weighted by molar-refractivity contribution is -0.159. The number of halogens is 3. The van der Waals surface area contributed by atoms with Gasteiger partial charge in [0.2, 0.25) is 0 Å². The fourth-order valence-electron chi connectivity index (χ4n) is 0.659. The molecule has 0 aliphatic carbocycles. The number of anilines is 1. The Morgan fingerprint density at radius 3 is 1.76 bits per heavy atom. The van der Waals surface area contributed by atoms with Gasteiger partial charge in [-0.3, -0.25) is 5.84 Å². The van der Waals surface area contributed by atoms with Gasteiger partial charge in [0.15, 0.2) is 0 Å². The highest BCUT2D eigenvalue weighted by atomic mass is 79.9. The van der Waals surface area contributed by atoms with Gasteiger partial charge in [0.1, 0.15) is 0 Å². The van der Waals surface area contributed by atoms with Gasteiger partial charge in [-0.15, -0.1) is 0 Å². The average molecular weight is 435 g/mol. The largest absolute Gasteiger partial charge is 0.473 e. The van der Waals surface area contributed by atoms with Crippen molar-refractivity contribution < 1.29 is 19.8 Å². The zero-order valence-electron chi connectivity index (χ0n) is 8.08. The monoisotopic (exact) mass is 432 g/mol. The smallest absolute Gasteiger partial charge is 0.414 e. The zero-order chi connectivity index (χ0) is 13.6. The van der Waals surface area contributed by atoms with E-state index in [-0.39, 0.29) is 0 Å². The van der Waals surface area contributed by atoms with Gasteiger partial charge >= 0.3 is 11.9 Å². The van der Waals surface area contributed by atoms with Gasteiger partial charge in [0.05, 0.1) is 10.2 Å². The molecule has 1 aromatic rings. The van der Waals surface area contributed by atoms with Gasteiger partial charge in [0.25, 0.3) is 0 Å². The number of rotatable bonds is 1. The molecule has 6 nitrogen and oxygen atoms in total. The van der Waals surface area contributed by atoms with E-state index in [1.165, 1.54) is 0 Å². The second kappa shape index (κ2) is 7.64. The highest BCUT2D eigenvalue weighted by Gasteiger charge is 2.05. The van der Waals surface area contributed by atoms with Crippen LogP contribution in [0.15, 0.2) is 25.6 Å². The highest BCUT2D eigenvalue weighted by Crippen LogP contribution is 2.35. The summed E-state index contributed by atoms with van der Waals surface area (Å²) in [7, 11) is 0. The van der Waals surface area contributed by atoms with E-state index >= 15 is 0 Å². The van der Waals surface area contributed by atoms with E-state index in [2.05, 4.69) is 53.2 Å². The Morgan fingerprint density at radius 1 is 1.06 bits per heavy atom. The molecule has 1 rings (SSSR count). The molecule has 0 atom stereocenters. The summed E-state index contributed by atoms with van der Waals surface area (Å²) in [6.45, 7) is 0. The fourth-order valence-corrected chi connectivity index (χ4v) is 2.16. The molecule has 0 aliphatic heterocycles. The van der Waals surface area contributed by atoms with Crippen molar-refractivity contribution in [1.29, 1.82) is 0 Å². The van der Waals surface area contributed by atoms with Crippen LogP contribution in [0, 0.1) is 0 Å². The Kier molecular flexibility index (Phi) is 7.35. The molecule has 1 aromatic carbocycles. The summed E-state index contributed by atoms with van der Waals surface area (Å²) >= 11 is 10.1. The molecule has 0 saturated carbocycles. The number of carboxylic acid groups (broad SMARTS) is 2. The van der Waals surface area contributed by atoms with Crippen LogP contribution in [0.5, 0.6) is 0 Å². The van der Waals surface area contributed by atoms with Gasteiger partial charge in [-0.2, -0.15) is 0 Å². The maximum atomic E-state index is 9.10. The summed E-state index contributed by atoms with van der Waals surface area (Å²) in [5, 5.41) is 14.8. The molecule has 0 aromatic heterocycles. The van der Waals surface area contributed by atoms with Crippen molar-refractivity contribution in [3.63, 3.8) is 0 Å². The first kappa shape index (κ1) is 16.4. The first-order valence-corrected chi connectivity index (χ1v) is 6.25. The number of carbonyl (C=O) groups is 2. The van der Waals surface area contributed by atoms with Crippen molar-refractivity contribution in [3.8, 4) is 0 Å². The molecular formula is C8H7Br3N2O4. The molecule has 0 heterocycles. The quantitative estimate of drug-likeness (QED) is 0.234. The zero-order valence-corrected chi connectivity index (χ0v) is 12.8. The van der Waals surface area contributed by atoms with Crippen molar-refractivity contribution in [2.45, 2.75) is 0 Å². The Labute approximate surface area is 122 Å². The first-order chi connectivity index (χ1) is 7.81. The van der Waals surface area contributed by atoms with E-state index in [1.54, 1.807) is 0 Å². The standard InChI is InChI=1S/C6H5Br3N2.C2H2O4/c7-3-1-2-4(8)6(11-10)5(3)9;3-1(4)2(5)6/h1-2,11H,10H2;(H,3,4)(H,5,6). The lowest BCUT2D eigenvalue weighted by atomic mass is 10.3. The van der Waals surface area contributed by atoms with E-state index < -0.39 is 11.9 Å². The predicted octanol–water partition coefficient (Wildman–Crippen LogP) is 2.42. The summed E-state index contributed by atoms with van der Waals surface area (Å²) < 4.78 is 2.80. The number of hydrogen-bond acceptors (Lipinski definition) is 4. The van der Waals surface area contributed by atoms with Gasteiger partial charge < -0.3 is 15.6 Å². The first-order valence-electron chi connectivity index (χ1n) is 3.87. The van der Waals surface area contributed by atoms with E-state index in [0.717, 1.165) is 19.1 Å². The van der Waals surface area contributed by atoms with Crippen LogP contribution in [0.1, 0.15) is 0 Å². The highest BCUT2D eigenvalue weighted by molar-refractivity contribution is 9.13. The van der Waals surface area contributed by atoms with E-state index in [1.807, 2.05) is 12.1 Å². The van der Waals surface area contributed by atoms with Crippen molar-refractivity contribution in [1.82, 2.24) is 0 Å². The Bertz CT molecular complexity index is 427. The molecule has 0 radical (unpaired) electrons. The molecule has 0 unspecified atom stereocenters. The lowest BCUT2D eigenvalue weighted by Gasteiger charge is -2.06. The molecule has 0 fully saturated rings. The molecule has 0 spiro atoms. The summed E-state index contributed by atoms with van der Waals surface area (Å²) in [5.74, 6) is 1.64. The molecule has 9 heteroatoms.